The van der Waals surface area contributed by atoms with E-state index in [1.165, 1.54) is 0 Å². The maximum Gasteiger partial charge on any atom is 0.293 e. The third-order valence-electron chi connectivity index (χ3n) is 4.74. The first kappa shape index (κ1) is 20.5. The van der Waals surface area contributed by atoms with E-state index in [0.29, 0.717) is 5.82 Å². The molecule has 1 amide bonds. The molecule has 4 rings (SSSR count). The van der Waals surface area contributed by atoms with Gasteiger partial charge in [-0.2, -0.15) is 0 Å². The molecule has 0 aliphatic carbocycles. The van der Waals surface area contributed by atoms with E-state index < -0.39 is 0 Å². The Balaban J connectivity index is 0.00000225. The van der Waals surface area contributed by atoms with Crippen LogP contribution in [0.15, 0.2) is 47.8 Å². The fraction of sp³-hybridized carbons (Fsp3) is 0.350. The number of hydrogen-bond donors (Lipinski definition) is 1. The van der Waals surface area contributed by atoms with Gasteiger partial charge in [0.1, 0.15) is 0 Å². The zero-order chi connectivity index (χ0) is 18.6. The molecule has 0 bridgehead atoms. The molecule has 1 atom stereocenters. The lowest BCUT2D eigenvalue weighted by Crippen LogP contribution is -2.42. The third-order valence-corrected chi connectivity index (χ3v) is 5.61. The highest BCUT2D eigenvalue weighted by molar-refractivity contribution is 7.13. The van der Waals surface area contributed by atoms with Crippen molar-refractivity contribution in [1.82, 2.24) is 25.0 Å². The van der Waals surface area contributed by atoms with Crippen LogP contribution in [0.25, 0.3) is 16.4 Å². The number of aromatic nitrogens is 3. The first-order chi connectivity index (χ1) is 13.3. The summed E-state index contributed by atoms with van der Waals surface area (Å²) in [5, 5.41) is 9.96. The van der Waals surface area contributed by atoms with E-state index in [0.717, 1.165) is 43.0 Å². The van der Waals surface area contributed by atoms with E-state index in [-0.39, 0.29) is 30.2 Å². The molecule has 6 nitrogen and oxygen atoms in total. The number of rotatable bonds is 6. The molecule has 1 unspecified atom stereocenters. The summed E-state index contributed by atoms with van der Waals surface area (Å²) >= 11 is 1.60. The summed E-state index contributed by atoms with van der Waals surface area (Å²) in [5.41, 5.74) is 0.900. The molecule has 0 radical (unpaired) electrons. The lowest BCUT2D eigenvalue weighted by atomic mass is 10.2. The largest absolute Gasteiger partial charge is 0.332 e. The molecule has 1 saturated heterocycles. The van der Waals surface area contributed by atoms with Crippen LogP contribution in [0.5, 0.6) is 0 Å². The van der Waals surface area contributed by atoms with Crippen molar-refractivity contribution in [1.29, 1.82) is 0 Å². The van der Waals surface area contributed by atoms with Crippen molar-refractivity contribution < 1.29 is 4.79 Å². The smallest absolute Gasteiger partial charge is 0.293 e. The highest BCUT2D eigenvalue weighted by Gasteiger charge is 2.30. The highest BCUT2D eigenvalue weighted by atomic mass is 35.5. The minimum Gasteiger partial charge on any atom is -0.332 e. The van der Waals surface area contributed by atoms with Gasteiger partial charge < -0.3 is 10.2 Å². The second-order valence-electron chi connectivity index (χ2n) is 6.63. The van der Waals surface area contributed by atoms with Crippen LogP contribution in [-0.2, 0) is 0 Å². The van der Waals surface area contributed by atoms with Gasteiger partial charge in [0.25, 0.3) is 5.91 Å². The summed E-state index contributed by atoms with van der Waals surface area (Å²) in [7, 11) is 0. The van der Waals surface area contributed by atoms with Crippen LogP contribution >= 0.6 is 23.7 Å². The Bertz CT molecular complexity index is 891. The first-order valence-corrected chi connectivity index (χ1v) is 10.2. The van der Waals surface area contributed by atoms with Crippen LogP contribution in [0.1, 0.15) is 30.4 Å². The molecule has 1 N–H and O–H groups in total. The number of para-hydroxylation sites is 1. The van der Waals surface area contributed by atoms with Crippen LogP contribution in [0.3, 0.4) is 0 Å². The van der Waals surface area contributed by atoms with E-state index in [2.05, 4.69) is 22.3 Å². The van der Waals surface area contributed by atoms with Gasteiger partial charge in [0.05, 0.1) is 10.6 Å². The predicted molar refractivity (Wildman–Crippen MR) is 115 cm³/mol. The number of hydrogen-bond acceptors (Lipinski definition) is 5. The zero-order valence-corrected chi connectivity index (χ0v) is 17.4. The Morgan fingerprint density at radius 3 is 2.75 bits per heavy atom. The topological polar surface area (TPSA) is 63.1 Å². The van der Waals surface area contributed by atoms with Gasteiger partial charge >= 0.3 is 0 Å². The van der Waals surface area contributed by atoms with E-state index >= 15 is 0 Å². The fourth-order valence-corrected chi connectivity index (χ4v) is 4.14. The summed E-state index contributed by atoms with van der Waals surface area (Å²) < 4.78 is 1.77. The van der Waals surface area contributed by atoms with Crippen molar-refractivity contribution in [2.45, 2.75) is 25.8 Å². The summed E-state index contributed by atoms with van der Waals surface area (Å²) in [6, 6.07) is 14.1. The molecule has 0 saturated carbocycles. The average molecular weight is 418 g/mol. The van der Waals surface area contributed by atoms with Crippen molar-refractivity contribution >= 4 is 29.7 Å². The fourth-order valence-electron chi connectivity index (χ4n) is 3.44. The number of halogens is 1. The van der Waals surface area contributed by atoms with Gasteiger partial charge in [-0.3, -0.25) is 4.79 Å². The van der Waals surface area contributed by atoms with Gasteiger partial charge in [0.15, 0.2) is 5.82 Å². The Morgan fingerprint density at radius 1 is 1.29 bits per heavy atom. The number of amides is 1. The number of benzene rings is 1. The summed E-state index contributed by atoms with van der Waals surface area (Å²) in [6.07, 6.45) is 1.89. The Hall–Kier alpha value is -2.22. The Morgan fingerprint density at radius 2 is 2.11 bits per heavy atom. The van der Waals surface area contributed by atoms with Gasteiger partial charge in [0.2, 0.25) is 5.82 Å². The maximum absolute atomic E-state index is 13.3. The second-order valence-corrected chi connectivity index (χ2v) is 7.58. The zero-order valence-electron chi connectivity index (χ0n) is 15.7. The molecule has 148 valence electrons. The molecular weight excluding hydrogens is 394 g/mol. The monoisotopic (exact) mass is 417 g/mol. The molecule has 1 fully saturated rings. The van der Waals surface area contributed by atoms with Crippen LogP contribution < -0.4 is 5.32 Å². The second kappa shape index (κ2) is 9.32. The first-order valence-electron chi connectivity index (χ1n) is 9.36. The molecular formula is C20H24ClN5OS. The molecule has 2 aromatic heterocycles. The maximum atomic E-state index is 13.3. The van der Waals surface area contributed by atoms with Crippen LogP contribution in [0.2, 0.25) is 0 Å². The Kier molecular flexibility index (Phi) is 6.83. The molecule has 28 heavy (non-hydrogen) atoms. The van der Waals surface area contributed by atoms with Crippen molar-refractivity contribution in [3.05, 3.63) is 53.7 Å². The van der Waals surface area contributed by atoms with E-state index in [4.69, 9.17) is 0 Å². The number of nitrogens with zero attached hydrogens (tertiary/aromatic N) is 4. The summed E-state index contributed by atoms with van der Waals surface area (Å²) in [5.74, 6) is 0.890. The quantitative estimate of drug-likeness (QED) is 0.665. The van der Waals surface area contributed by atoms with Crippen molar-refractivity contribution in [2.75, 3.05) is 19.6 Å². The molecule has 1 aromatic carbocycles. The van der Waals surface area contributed by atoms with Crippen molar-refractivity contribution in [2.24, 2.45) is 0 Å². The van der Waals surface area contributed by atoms with Crippen LogP contribution in [0.4, 0.5) is 0 Å². The van der Waals surface area contributed by atoms with Crippen LogP contribution in [0, 0.1) is 0 Å². The van der Waals surface area contributed by atoms with E-state index in [1.54, 1.807) is 16.0 Å². The SMILES string of the molecule is CCCN(C(=O)c1nc(-c2cccs2)n(-c2ccccc2)n1)C1CCNC1.Cl. The lowest BCUT2D eigenvalue weighted by Gasteiger charge is -2.26. The van der Waals surface area contributed by atoms with Gasteiger partial charge in [-0.25, -0.2) is 9.67 Å². The molecule has 3 aromatic rings. The molecule has 0 spiro atoms. The number of nitrogens with one attached hydrogen (secondary N) is 1. The number of thiophene rings is 1. The van der Waals surface area contributed by atoms with Crippen molar-refractivity contribution in [3.63, 3.8) is 0 Å². The van der Waals surface area contributed by atoms with Gasteiger partial charge in [-0.05, 0) is 43.0 Å². The average Bonchev–Trinajstić information content (AvgIpc) is 3.47. The summed E-state index contributed by atoms with van der Waals surface area (Å²) in [6.45, 7) is 4.60. The van der Waals surface area contributed by atoms with E-state index in [9.17, 15) is 4.79 Å². The van der Waals surface area contributed by atoms with Gasteiger partial charge in [0, 0.05) is 19.1 Å². The predicted octanol–water partition coefficient (Wildman–Crippen LogP) is 3.63. The summed E-state index contributed by atoms with van der Waals surface area (Å²) in [4.78, 5) is 20.8. The highest BCUT2D eigenvalue weighted by Crippen LogP contribution is 2.26. The minimum atomic E-state index is -0.0852. The third kappa shape index (κ3) is 4.11. The van der Waals surface area contributed by atoms with Crippen LogP contribution in [-0.4, -0.2) is 51.2 Å². The lowest BCUT2D eigenvalue weighted by molar-refractivity contribution is 0.0679. The molecule has 3 heterocycles. The van der Waals surface area contributed by atoms with Crippen molar-refractivity contribution in [3.8, 4) is 16.4 Å². The normalized spacial score (nSPS) is 16.0. The van der Waals surface area contributed by atoms with Gasteiger partial charge in [-0.1, -0.05) is 31.2 Å². The number of carbonyl (C=O) groups is 1. The number of carbonyl (C=O) groups excluding carboxylic acids is 1. The molecule has 1 aliphatic rings. The standard InChI is InChI=1S/C20H23N5OS.ClH/c1-2-12-24(16-10-11-21-14-16)20(26)18-22-19(17-9-6-13-27-17)25(23-18)15-7-4-3-5-8-15;/h3-9,13,16,21H,2,10-12,14H2,1H3;1H. The molecule has 1 aliphatic heterocycles. The molecule has 8 heteroatoms. The van der Waals surface area contributed by atoms with E-state index in [1.807, 2.05) is 52.7 Å². The minimum absolute atomic E-state index is 0. The Labute approximate surface area is 175 Å². The van der Waals surface area contributed by atoms with Gasteiger partial charge in [-0.15, -0.1) is 28.8 Å².